The van der Waals surface area contributed by atoms with Crippen LogP contribution in [0.5, 0.6) is 0 Å². The maximum absolute atomic E-state index is 10.4. The Bertz CT molecular complexity index is 599. The standard InChI is InChI=1S/C9H13NO.C8H6O4/c1-2-8-11-10-9-6-4-3-5-7-9;9-7(10)5-2-1-3-6(4-5)8(11)12/h3-7,10H,2,8H2,1H3;1-4H,(H,9,10)(H,11,12). The number of nitrogens with one attached hydrogen (secondary N) is 1. The molecule has 2 aromatic carbocycles. The second kappa shape index (κ2) is 9.97. The van der Waals surface area contributed by atoms with Gasteiger partial charge in [-0.3, -0.25) is 10.3 Å². The summed E-state index contributed by atoms with van der Waals surface area (Å²) in [5, 5.41) is 17.0. The lowest BCUT2D eigenvalue weighted by Gasteiger charge is -2.04. The number of benzene rings is 2. The molecule has 0 spiro atoms. The molecule has 2 rings (SSSR count). The molecule has 0 aliphatic heterocycles. The fourth-order valence-electron chi connectivity index (χ4n) is 1.53. The number of carboxylic acid groups (broad SMARTS) is 2. The Kier molecular flexibility index (Phi) is 7.88. The number of aromatic carboxylic acids is 2. The molecule has 0 heterocycles. The molecule has 23 heavy (non-hydrogen) atoms. The SMILES string of the molecule is CCCONc1ccccc1.O=C(O)c1cccc(C(=O)O)c1. The molecule has 122 valence electrons. The van der Waals surface area contributed by atoms with Crippen LogP contribution in [0.1, 0.15) is 34.1 Å². The van der Waals surface area contributed by atoms with Gasteiger partial charge in [-0.05, 0) is 36.8 Å². The van der Waals surface area contributed by atoms with Gasteiger partial charge in [0.2, 0.25) is 0 Å². The molecule has 0 amide bonds. The van der Waals surface area contributed by atoms with E-state index in [9.17, 15) is 9.59 Å². The van der Waals surface area contributed by atoms with Crippen molar-refractivity contribution in [1.29, 1.82) is 0 Å². The minimum Gasteiger partial charge on any atom is -0.478 e. The third kappa shape index (κ3) is 7.10. The fraction of sp³-hybridized carbons (Fsp3) is 0.176. The topological polar surface area (TPSA) is 95.9 Å². The molecule has 0 radical (unpaired) electrons. The lowest BCUT2D eigenvalue weighted by atomic mass is 10.1. The summed E-state index contributed by atoms with van der Waals surface area (Å²) in [5.74, 6) is -2.25. The molecular formula is C17H19NO5. The molecule has 0 aliphatic rings. The summed E-state index contributed by atoms with van der Waals surface area (Å²) < 4.78 is 0. The maximum atomic E-state index is 10.4. The molecule has 0 bridgehead atoms. The molecule has 0 fully saturated rings. The number of anilines is 1. The van der Waals surface area contributed by atoms with Crippen LogP contribution in [0.15, 0.2) is 54.6 Å². The molecule has 0 aliphatic carbocycles. The predicted molar refractivity (Wildman–Crippen MR) is 86.7 cm³/mol. The average Bonchev–Trinajstić information content (AvgIpc) is 2.57. The van der Waals surface area contributed by atoms with Crippen LogP contribution in [-0.2, 0) is 4.84 Å². The van der Waals surface area contributed by atoms with E-state index in [-0.39, 0.29) is 11.1 Å². The highest BCUT2D eigenvalue weighted by atomic mass is 16.6. The Morgan fingerprint density at radius 2 is 1.52 bits per heavy atom. The zero-order chi connectivity index (χ0) is 17.1. The summed E-state index contributed by atoms with van der Waals surface area (Å²) in [6.45, 7) is 2.82. The van der Waals surface area contributed by atoms with Gasteiger partial charge in [0.05, 0.1) is 23.4 Å². The largest absolute Gasteiger partial charge is 0.478 e. The van der Waals surface area contributed by atoms with Crippen molar-refractivity contribution in [3.8, 4) is 0 Å². The molecule has 0 saturated carbocycles. The van der Waals surface area contributed by atoms with Crippen molar-refractivity contribution in [2.45, 2.75) is 13.3 Å². The summed E-state index contributed by atoms with van der Waals surface area (Å²) in [7, 11) is 0. The molecule has 0 unspecified atom stereocenters. The van der Waals surface area contributed by atoms with E-state index in [0.29, 0.717) is 0 Å². The van der Waals surface area contributed by atoms with Crippen molar-refractivity contribution in [2.24, 2.45) is 0 Å². The van der Waals surface area contributed by atoms with Crippen molar-refractivity contribution in [2.75, 3.05) is 12.1 Å². The van der Waals surface area contributed by atoms with Gasteiger partial charge in [0.1, 0.15) is 0 Å². The Balaban J connectivity index is 0.000000231. The monoisotopic (exact) mass is 317 g/mol. The molecule has 0 atom stereocenters. The van der Waals surface area contributed by atoms with Gasteiger partial charge in [-0.2, -0.15) is 0 Å². The minimum absolute atomic E-state index is 0.0186. The van der Waals surface area contributed by atoms with Crippen molar-refractivity contribution in [1.82, 2.24) is 0 Å². The van der Waals surface area contributed by atoms with Crippen LogP contribution in [0, 0.1) is 0 Å². The van der Waals surface area contributed by atoms with E-state index in [1.165, 1.54) is 18.2 Å². The predicted octanol–water partition coefficient (Wildman–Crippen LogP) is 3.52. The summed E-state index contributed by atoms with van der Waals surface area (Å²) in [6.07, 6.45) is 1.03. The van der Waals surface area contributed by atoms with E-state index in [2.05, 4.69) is 12.4 Å². The van der Waals surface area contributed by atoms with Gasteiger partial charge in [0.15, 0.2) is 0 Å². The number of carboxylic acids is 2. The Hall–Kier alpha value is -2.86. The number of carbonyl (C=O) groups is 2. The molecule has 6 heteroatoms. The first kappa shape index (κ1) is 18.2. The Morgan fingerprint density at radius 3 is 2.00 bits per heavy atom. The smallest absolute Gasteiger partial charge is 0.335 e. The first-order valence-corrected chi connectivity index (χ1v) is 7.04. The van der Waals surface area contributed by atoms with Crippen LogP contribution in [0.4, 0.5) is 5.69 Å². The first-order valence-electron chi connectivity index (χ1n) is 7.04. The van der Waals surface area contributed by atoms with Gasteiger partial charge in [-0.15, -0.1) is 0 Å². The van der Waals surface area contributed by atoms with E-state index < -0.39 is 11.9 Å². The fourth-order valence-corrected chi connectivity index (χ4v) is 1.53. The Morgan fingerprint density at radius 1 is 0.957 bits per heavy atom. The highest BCUT2D eigenvalue weighted by molar-refractivity contribution is 5.93. The van der Waals surface area contributed by atoms with Crippen molar-refractivity contribution >= 4 is 17.6 Å². The van der Waals surface area contributed by atoms with Crippen molar-refractivity contribution in [3.05, 3.63) is 65.7 Å². The lowest BCUT2D eigenvalue weighted by molar-refractivity contribution is 0.0696. The number of hydrogen-bond donors (Lipinski definition) is 3. The van der Waals surface area contributed by atoms with Crippen molar-refractivity contribution in [3.63, 3.8) is 0 Å². The van der Waals surface area contributed by atoms with Gasteiger partial charge in [0.25, 0.3) is 0 Å². The van der Waals surface area contributed by atoms with Crippen LogP contribution in [0.3, 0.4) is 0 Å². The summed E-state index contributed by atoms with van der Waals surface area (Å²) in [5.41, 5.74) is 3.81. The quantitative estimate of drug-likeness (QED) is 0.557. The summed E-state index contributed by atoms with van der Waals surface area (Å²) >= 11 is 0. The third-order valence-corrected chi connectivity index (χ3v) is 2.63. The summed E-state index contributed by atoms with van der Waals surface area (Å²) in [4.78, 5) is 25.9. The highest BCUT2D eigenvalue weighted by Crippen LogP contribution is 2.05. The maximum Gasteiger partial charge on any atom is 0.335 e. The average molecular weight is 317 g/mol. The van der Waals surface area contributed by atoms with E-state index in [1.807, 2.05) is 30.3 Å². The second-order valence-electron chi connectivity index (χ2n) is 4.51. The van der Waals surface area contributed by atoms with Gasteiger partial charge in [0, 0.05) is 0 Å². The Labute approximate surface area is 134 Å². The van der Waals surface area contributed by atoms with Gasteiger partial charge in [-0.25, -0.2) is 9.59 Å². The minimum atomic E-state index is -1.13. The van der Waals surface area contributed by atoms with Gasteiger partial charge in [-0.1, -0.05) is 31.2 Å². The zero-order valence-corrected chi connectivity index (χ0v) is 12.7. The number of hydrogen-bond acceptors (Lipinski definition) is 4. The number of rotatable bonds is 6. The van der Waals surface area contributed by atoms with E-state index >= 15 is 0 Å². The lowest BCUT2D eigenvalue weighted by Crippen LogP contribution is -2.01. The molecule has 3 N–H and O–H groups in total. The van der Waals surface area contributed by atoms with E-state index in [4.69, 9.17) is 15.1 Å². The first-order chi connectivity index (χ1) is 11.0. The van der Waals surface area contributed by atoms with Crippen molar-refractivity contribution < 1.29 is 24.6 Å². The molecule has 2 aromatic rings. The van der Waals surface area contributed by atoms with Crippen LogP contribution in [-0.4, -0.2) is 28.8 Å². The van der Waals surface area contributed by atoms with Crippen LogP contribution >= 0.6 is 0 Å². The number of para-hydroxylation sites is 1. The van der Waals surface area contributed by atoms with Crippen LogP contribution < -0.4 is 5.48 Å². The molecule has 0 aromatic heterocycles. The normalized spacial score (nSPS) is 9.43. The molecule has 6 nitrogen and oxygen atoms in total. The van der Waals surface area contributed by atoms with Crippen LogP contribution in [0.2, 0.25) is 0 Å². The van der Waals surface area contributed by atoms with Gasteiger partial charge >= 0.3 is 11.9 Å². The molecular weight excluding hydrogens is 298 g/mol. The van der Waals surface area contributed by atoms with E-state index in [1.54, 1.807) is 0 Å². The highest BCUT2D eigenvalue weighted by Gasteiger charge is 2.06. The third-order valence-electron chi connectivity index (χ3n) is 2.63. The zero-order valence-electron chi connectivity index (χ0n) is 12.7. The van der Waals surface area contributed by atoms with Crippen LogP contribution in [0.25, 0.3) is 0 Å². The molecule has 0 saturated heterocycles. The van der Waals surface area contributed by atoms with Gasteiger partial charge < -0.3 is 10.2 Å². The summed E-state index contributed by atoms with van der Waals surface area (Å²) in [6, 6.07) is 15.0. The van der Waals surface area contributed by atoms with E-state index in [0.717, 1.165) is 24.8 Å². The second-order valence-corrected chi connectivity index (χ2v) is 4.51.